The first kappa shape index (κ1) is 19.0. The van der Waals surface area contributed by atoms with Crippen molar-refractivity contribution in [1.82, 2.24) is 10.2 Å². The lowest BCUT2D eigenvalue weighted by Crippen LogP contribution is -2.52. The van der Waals surface area contributed by atoms with Crippen molar-refractivity contribution in [2.24, 2.45) is 0 Å². The Kier molecular flexibility index (Phi) is 5.16. The molecule has 0 aliphatic carbocycles. The van der Waals surface area contributed by atoms with Crippen molar-refractivity contribution >= 4 is 23.4 Å². The normalized spacial score (nSPS) is 20.6. The van der Waals surface area contributed by atoms with E-state index < -0.39 is 23.2 Å². The minimum Gasteiger partial charge on any atom is -0.372 e. The Hall–Kier alpha value is -1.80. The van der Waals surface area contributed by atoms with Gasteiger partial charge in [0.05, 0.1) is 28.4 Å². The Bertz CT molecular complexity index is 716. The third-order valence-corrected chi connectivity index (χ3v) is 5.16. The zero-order chi connectivity index (χ0) is 18.9. The maximum atomic E-state index is 12.9. The first-order valence-electron chi connectivity index (χ1n) is 8.27. The minimum absolute atomic E-state index is 0.0127. The second-order valence-corrected chi connectivity index (χ2v) is 6.95. The van der Waals surface area contributed by atoms with Gasteiger partial charge in [0.1, 0.15) is 0 Å². The minimum atomic E-state index is -4.54. The lowest BCUT2D eigenvalue weighted by molar-refractivity contribution is -0.137. The van der Waals surface area contributed by atoms with E-state index in [-0.39, 0.29) is 16.5 Å². The Balaban J connectivity index is 1.72. The highest BCUT2D eigenvalue weighted by Gasteiger charge is 2.39. The lowest BCUT2D eigenvalue weighted by Gasteiger charge is -2.40. The molecule has 0 radical (unpaired) electrons. The van der Waals surface area contributed by atoms with E-state index in [1.54, 1.807) is 0 Å². The summed E-state index contributed by atoms with van der Waals surface area (Å²) in [5, 5.41) is 2.79. The molecule has 1 spiro atoms. The maximum absolute atomic E-state index is 12.9. The number of ether oxygens (including phenoxy) is 1. The van der Waals surface area contributed by atoms with Gasteiger partial charge in [-0.2, -0.15) is 13.2 Å². The first-order chi connectivity index (χ1) is 12.2. The summed E-state index contributed by atoms with van der Waals surface area (Å²) >= 11 is 5.95. The Morgan fingerprint density at radius 2 is 1.96 bits per heavy atom. The van der Waals surface area contributed by atoms with Gasteiger partial charge in [-0.15, -0.1) is 0 Å². The number of benzene rings is 1. The number of carbonyl (C=O) groups is 2. The molecule has 9 heteroatoms. The molecular formula is C17H18ClF3N2O3. The molecule has 0 aromatic heterocycles. The zero-order valence-corrected chi connectivity index (χ0v) is 14.6. The molecule has 2 amide bonds. The van der Waals surface area contributed by atoms with E-state index in [0.717, 1.165) is 18.2 Å². The Labute approximate surface area is 153 Å². The molecule has 0 saturated carbocycles. The topological polar surface area (TPSA) is 58.6 Å². The Morgan fingerprint density at radius 3 is 2.62 bits per heavy atom. The van der Waals surface area contributed by atoms with Gasteiger partial charge in [-0.1, -0.05) is 11.6 Å². The molecule has 3 rings (SSSR count). The lowest BCUT2D eigenvalue weighted by atomic mass is 9.90. The maximum Gasteiger partial charge on any atom is 0.416 e. The van der Waals surface area contributed by atoms with Crippen molar-refractivity contribution in [3.05, 3.63) is 34.3 Å². The fraction of sp³-hybridized carbons (Fsp3) is 0.529. The smallest absolute Gasteiger partial charge is 0.372 e. The number of piperidine rings is 1. The summed E-state index contributed by atoms with van der Waals surface area (Å²) in [4.78, 5) is 25.6. The molecular weight excluding hydrogens is 373 g/mol. The third kappa shape index (κ3) is 3.96. The Morgan fingerprint density at radius 1 is 1.27 bits per heavy atom. The average molecular weight is 391 g/mol. The molecule has 2 heterocycles. The number of nitrogens with zero attached hydrogens (tertiary/aromatic N) is 1. The van der Waals surface area contributed by atoms with Crippen LogP contribution in [0, 0.1) is 0 Å². The van der Waals surface area contributed by atoms with Crippen LogP contribution in [0.15, 0.2) is 18.2 Å². The van der Waals surface area contributed by atoms with Crippen molar-refractivity contribution in [3.63, 3.8) is 0 Å². The zero-order valence-electron chi connectivity index (χ0n) is 13.9. The van der Waals surface area contributed by atoms with Crippen LogP contribution >= 0.6 is 11.6 Å². The summed E-state index contributed by atoms with van der Waals surface area (Å²) < 4.78 is 44.5. The monoisotopic (exact) mass is 390 g/mol. The number of hydrogen-bond donors (Lipinski definition) is 1. The molecule has 1 aromatic carbocycles. The van der Waals surface area contributed by atoms with Crippen molar-refractivity contribution in [1.29, 1.82) is 0 Å². The van der Waals surface area contributed by atoms with Crippen molar-refractivity contribution < 1.29 is 27.5 Å². The number of hydrogen-bond acceptors (Lipinski definition) is 3. The van der Waals surface area contributed by atoms with Gasteiger partial charge in [0.2, 0.25) is 5.91 Å². The van der Waals surface area contributed by atoms with Gasteiger partial charge >= 0.3 is 6.18 Å². The van der Waals surface area contributed by atoms with Crippen LogP contribution in [0.4, 0.5) is 13.2 Å². The number of alkyl halides is 3. The van der Waals surface area contributed by atoms with Crippen LogP contribution in [0.5, 0.6) is 0 Å². The van der Waals surface area contributed by atoms with Crippen molar-refractivity contribution in [2.45, 2.75) is 31.0 Å². The summed E-state index contributed by atoms with van der Waals surface area (Å²) in [5.74, 6) is -0.607. The molecule has 2 aliphatic rings. The standard InChI is InChI=1S/C17H18ClF3N2O3/c18-13-2-1-11(17(19,20)21)9-12(13)15(25)23-6-4-16(5-7-23)10-22-14(24)3-8-26-16/h1-2,9H,3-8,10H2,(H,22,24). The van der Waals surface area contributed by atoms with E-state index >= 15 is 0 Å². The number of carbonyl (C=O) groups excluding carboxylic acids is 2. The van der Waals surface area contributed by atoms with Crippen LogP contribution in [0.3, 0.4) is 0 Å². The average Bonchev–Trinajstić information content (AvgIpc) is 2.76. The molecule has 1 N–H and O–H groups in total. The fourth-order valence-corrected chi connectivity index (χ4v) is 3.43. The molecule has 26 heavy (non-hydrogen) atoms. The summed E-state index contributed by atoms with van der Waals surface area (Å²) in [6, 6.07) is 2.73. The fourth-order valence-electron chi connectivity index (χ4n) is 3.23. The van der Waals surface area contributed by atoms with E-state index in [0.29, 0.717) is 45.5 Å². The van der Waals surface area contributed by atoms with Gasteiger partial charge in [0, 0.05) is 26.1 Å². The predicted octanol–water partition coefficient (Wildman–Crippen LogP) is 2.87. The van der Waals surface area contributed by atoms with Crippen molar-refractivity contribution in [3.8, 4) is 0 Å². The summed E-state index contributed by atoms with van der Waals surface area (Å²) in [7, 11) is 0. The first-order valence-corrected chi connectivity index (χ1v) is 8.65. The molecule has 1 aromatic rings. The van der Waals surface area contributed by atoms with Gasteiger partial charge in [-0.3, -0.25) is 9.59 Å². The summed E-state index contributed by atoms with van der Waals surface area (Å²) in [6.07, 6.45) is -3.26. The van der Waals surface area contributed by atoms with Gasteiger partial charge in [-0.25, -0.2) is 0 Å². The van der Waals surface area contributed by atoms with Crippen LogP contribution in [0.25, 0.3) is 0 Å². The molecule has 0 unspecified atom stereocenters. The number of amides is 2. The highest BCUT2D eigenvalue weighted by Crippen LogP contribution is 2.33. The quantitative estimate of drug-likeness (QED) is 0.802. The van der Waals surface area contributed by atoms with Crippen LogP contribution in [-0.2, 0) is 15.7 Å². The van der Waals surface area contributed by atoms with Gasteiger partial charge < -0.3 is 15.0 Å². The van der Waals surface area contributed by atoms with Gasteiger partial charge in [-0.05, 0) is 31.0 Å². The van der Waals surface area contributed by atoms with Gasteiger partial charge in [0.15, 0.2) is 0 Å². The van der Waals surface area contributed by atoms with Gasteiger partial charge in [0.25, 0.3) is 5.91 Å². The largest absolute Gasteiger partial charge is 0.416 e. The van der Waals surface area contributed by atoms with Crippen LogP contribution in [0.2, 0.25) is 5.02 Å². The van der Waals surface area contributed by atoms with Crippen molar-refractivity contribution in [2.75, 3.05) is 26.2 Å². The molecule has 5 nitrogen and oxygen atoms in total. The van der Waals surface area contributed by atoms with E-state index in [2.05, 4.69) is 5.32 Å². The molecule has 2 aliphatic heterocycles. The molecule has 142 valence electrons. The highest BCUT2D eigenvalue weighted by atomic mass is 35.5. The van der Waals surface area contributed by atoms with Crippen LogP contribution in [-0.4, -0.2) is 48.6 Å². The second-order valence-electron chi connectivity index (χ2n) is 6.54. The van der Waals surface area contributed by atoms with Crippen LogP contribution in [0.1, 0.15) is 35.2 Å². The number of rotatable bonds is 1. The SMILES string of the molecule is O=C1CCOC2(CCN(C(=O)c3cc(C(F)(F)F)ccc3Cl)CC2)CN1. The van der Waals surface area contributed by atoms with E-state index in [9.17, 15) is 22.8 Å². The van der Waals surface area contributed by atoms with Crippen LogP contribution < -0.4 is 5.32 Å². The number of likely N-dealkylation sites (tertiary alicyclic amines) is 1. The van der Waals surface area contributed by atoms with E-state index in [4.69, 9.17) is 16.3 Å². The molecule has 2 fully saturated rings. The highest BCUT2D eigenvalue weighted by molar-refractivity contribution is 6.33. The number of nitrogens with one attached hydrogen (secondary N) is 1. The molecule has 0 bridgehead atoms. The molecule has 2 saturated heterocycles. The summed E-state index contributed by atoms with van der Waals surface area (Å²) in [6.45, 7) is 1.33. The van der Waals surface area contributed by atoms with E-state index in [1.807, 2.05) is 0 Å². The van der Waals surface area contributed by atoms with E-state index in [1.165, 1.54) is 4.90 Å². The molecule has 0 atom stereocenters. The number of halogens is 4. The summed E-state index contributed by atoms with van der Waals surface area (Å²) in [5.41, 5.74) is -1.60. The second kappa shape index (κ2) is 7.08. The third-order valence-electron chi connectivity index (χ3n) is 4.83. The predicted molar refractivity (Wildman–Crippen MR) is 87.9 cm³/mol.